The smallest absolute Gasteiger partial charge is 0.0330 e. The predicted octanol–water partition coefficient (Wildman–Crippen LogP) is 2.31. The zero-order valence-electron chi connectivity index (χ0n) is 12.7. The van der Waals surface area contributed by atoms with E-state index in [1.165, 1.54) is 64.5 Å². The summed E-state index contributed by atoms with van der Waals surface area (Å²) in [5.41, 5.74) is 5.98. The number of nitrogens with two attached hydrogens (primary N) is 1. The van der Waals surface area contributed by atoms with Crippen LogP contribution in [0.5, 0.6) is 0 Å². The number of hydrogen-bond donors (Lipinski definition) is 1. The molecule has 108 valence electrons. The third-order valence-corrected chi connectivity index (χ3v) is 4.54. The molecule has 1 fully saturated rings. The molecule has 0 atom stereocenters. The molecule has 0 saturated heterocycles. The van der Waals surface area contributed by atoms with E-state index in [0.29, 0.717) is 5.54 Å². The summed E-state index contributed by atoms with van der Waals surface area (Å²) in [4.78, 5) is 4.97. The molecule has 1 aliphatic carbocycles. The second kappa shape index (κ2) is 8.13. The molecule has 0 aromatic rings. The lowest BCUT2D eigenvalue weighted by molar-refractivity contribution is 0.0275. The number of nitrogens with zero attached hydrogens (tertiary/aromatic N) is 2. The van der Waals surface area contributed by atoms with Gasteiger partial charge in [-0.1, -0.05) is 19.3 Å². The van der Waals surface area contributed by atoms with Gasteiger partial charge in [-0.3, -0.25) is 0 Å². The SMILES string of the molecule is CN(CCCCCCCN)CC1(N(C)C)CCC1. The van der Waals surface area contributed by atoms with Gasteiger partial charge in [-0.05, 0) is 66.3 Å². The number of hydrogen-bond acceptors (Lipinski definition) is 3. The van der Waals surface area contributed by atoms with Crippen LogP contribution in [0.25, 0.3) is 0 Å². The van der Waals surface area contributed by atoms with Crippen molar-refractivity contribution in [1.29, 1.82) is 0 Å². The maximum Gasteiger partial charge on any atom is 0.0330 e. The molecule has 18 heavy (non-hydrogen) atoms. The highest BCUT2D eigenvalue weighted by Gasteiger charge is 2.39. The van der Waals surface area contributed by atoms with Gasteiger partial charge in [0.15, 0.2) is 0 Å². The first-order chi connectivity index (χ1) is 8.60. The van der Waals surface area contributed by atoms with Crippen LogP contribution in [0.2, 0.25) is 0 Å². The molecular weight excluding hydrogens is 222 g/mol. The van der Waals surface area contributed by atoms with Crippen LogP contribution in [0.4, 0.5) is 0 Å². The average molecular weight is 255 g/mol. The van der Waals surface area contributed by atoms with Crippen LogP contribution in [-0.4, -0.2) is 56.1 Å². The van der Waals surface area contributed by atoms with Crippen LogP contribution < -0.4 is 5.73 Å². The first kappa shape index (κ1) is 15.9. The molecule has 1 saturated carbocycles. The van der Waals surface area contributed by atoms with Gasteiger partial charge < -0.3 is 15.5 Å². The lowest BCUT2D eigenvalue weighted by atomic mass is 9.75. The summed E-state index contributed by atoms with van der Waals surface area (Å²) in [5, 5.41) is 0. The van der Waals surface area contributed by atoms with Crippen molar-refractivity contribution in [3.05, 3.63) is 0 Å². The molecule has 2 N–H and O–H groups in total. The van der Waals surface area contributed by atoms with Crippen LogP contribution >= 0.6 is 0 Å². The van der Waals surface area contributed by atoms with E-state index in [9.17, 15) is 0 Å². The van der Waals surface area contributed by atoms with Gasteiger partial charge in [0.05, 0.1) is 0 Å². The Bertz CT molecular complexity index is 212. The first-order valence-corrected chi connectivity index (χ1v) is 7.67. The van der Waals surface area contributed by atoms with Crippen LogP contribution in [0, 0.1) is 0 Å². The second-order valence-corrected chi connectivity index (χ2v) is 6.27. The van der Waals surface area contributed by atoms with E-state index in [0.717, 1.165) is 6.54 Å². The van der Waals surface area contributed by atoms with Crippen molar-refractivity contribution >= 4 is 0 Å². The fourth-order valence-corrected chi connectivity index (χ4v) is 2.97. The molecule has 0 bridgehead atoms. The molecule has 0 amide bonds. The van der Waals surface area contributed by atoms with Gasteiger partial charge in [0.25, 0.3) is 0 Å². The second-order valence-electron chi connectivity index (χ2n) is 6.27. The van der Waals surface area contributed by atoms with E-state index in [1.54, 1.807) is 0 Å². The number of unbranched alkanes of at least 4 members (excludes halogenated alkanes) is 4. The van der Waals surface area contributed by atoms with Gasteiger partial charge in [-0.25, -0.2) is 0 Å². The topological polar surface area (TPSA) is 32.5 Å². The third-order valence-electron chi connectivity index (χ3n) is 4.54. The Morgan fingerprint density at radius 3 is 2.06 bits per heavy atom. The summed E-state index contributed by atoms with van der Waals surface area (Å²) in [5.74, 6) is 0. The first-order valence-electron chi connectivity index (χ1n) is 7.67. The summed E-state index contributed by atoms with van der Waals surface area (Å²) < 4.78 is 0. The molecule has 1 aliphatic rings. The lowest BCUT2D eigenvalue weighted by Crippen LogP contribution is -2.56. The molecule has 1 rings (SSSR count). The summed E-state index contributed by atoms with van der Waals surface area (Å²) in [7, 11) is 6.75. The van der Waals surface area contributed by atoms with Crippen LogP contribution in [-0.2, 0) is 0 Å². The summed E-state index contributed by atoms with van der Waals surface area (Å²) in [6.45, 7) is 3.34. The van der Waals surface area contributed by atoms with Gasteiger partial charge >= 0.3 is 0 Å². The van der Waals surface area contributed by atoms with E-state index < -0.39 is 0 Å². The molecule has 3 nitrogen and oxygen atoms in total. The van der Waals surface area contributed by atoms with Gasteiger partial charge in [0.2, 0.25) is 0 Å². The predicted molar refractivity (Wildman–Crippen MR) is 79.9 cm³/mol. The minimum Gasteiger partial charge on any atom is -0.330 e. The maximum absolute atomic E-state index is 5.50. The molecule has 0 aromatic carbocycles. The molecule has 0 aromatic heterocycles. The van der Waals surface area contributed by atoms with E-state index in [4.69, 9.17) is 5.73 Å². The average Bonchev–Trinajstić information content (AvgIpc) is 2.28. The normalized spacial score (nSPS) is 18.3. The van der Waals surface area contributed by atoms with Crippen molar-refractivity contribution in [3.63, 3.8) is 0 Å². The molecule has 0 heterocycles. The Morgan fingerprint density at radius 2 is 1.56 bits per heavy atom. The molecular formula is C15H33N3. The van der Waals surface area contributed by atoms with Crippen molar-refractivity contribution < 1.29 is 0 Å². The van der Waals surface area contributed by atoms with Gasteiger partial charge in [0, 0.05) is 12.1 Å². The van der Waals surface area contributed by atoms with E-state index in [1.807, 2.05) is 0 Å². The zero-order chi connectivity index (χ0) is 13.4. The van der Waals surface area contributed by atoms with Crippen molar-refractivity contribution in [2.45, 2.75) is 56.9 Å². The van der Waals surface area contributed by atoms with Gasteiger partial charge in [0.1, 0.15) is 0 Å². The van der Waals surface area contributed by atoms with E-state index in [-0.39, 0.29) is 0 Å². The summed E-state index contributed by atoms with van der Waals surface area (Å²) >= 11 is 0. The molecule has 0 radical (unpaired) electrons. The highest BCUT2D eigenvalue weighted by atomic mass is 15.2. The Balaban J connectivity index is 2.08. The number of rotatable bonds is 10. The minimum absolute atomic E-state index is 0.480. The standard InChI is InChI=1S/C15H33N3/c1-17(2)15(10-9-11-15)14-18(3)13-8-6-4-5-7-12-16/h4-14,16H2,1-3H3. The lowest BCUT2D eigenvalue weighted by Gasteiger charge is -2.49. The van der Waals surface area contributed by atoms with Gasteiger partial charge in [-0.15, -0.1) is 0 Å². The highest BCUT2D eigenvalue weighted by molar-refractivity contribution is 4.97. The minimum atomic E-state index is 0.480. The quantitative estimate of drug-likeness (QED) is 0.608. The molecule has 0 spiro atoms. The van der Waals surface area contributed by atoms with Crippen LogP contribution in [0.3, 0.4) is 0 Å². The fourth-order valence-electron chi connectivity index (χ4n) is 2.97. The fraction of sp³-hybridized carbons (Fsp3) is 1.00. The summed E-state index contributed by atoms with van der Waals surface area (Å²) in [6.07, 6.45) is 10.7. The monoisotopic (exact) mass is 255 g/mol. The Labute approximate surface area is 114 Å². The third kappa shape index (κ3) is 4.87. The Hall–Kier alpha value is -0.120. The number of likely N-dealkylation sites (N-methyl/N-ethyl adjacent to an activating group) is 2. The van der Waals surface area contributed by atoms with Crippen LogP contribution in [0.15, 0.2) is 0 Å². The van der Waals surface area contributed by atoms with Crippen molar-refractivity contribution in [1.82, 2.24) is 9.80 Å². The maximum atomic E-state index is 5.50. The Kier molecular flexibility index (Phi) is 7.20. The van der Waals surface area contributed by atoms with Crippen molar-refractivity contribution in [3.8, 4) is 0 Å². The highest BCUT2D eigenvalue weighted by Crippen LogP contribution is 2.36. The molecule has 0 unspecified atom stereocenters. The van der Waals surface area contributed by atoms with Crippen molar-refractivity contribution in [2.75, 3.05) is 40.8 Å². The van der Waals surface area contributed by atoms with E-state index >= 15 is 0 Å². The Morgan fingerprint density at radius 1 is 0.944 bits per heavy atom. The van der Waals surface area contributed by atoms with E-state index in [2.05, 4.69) is 30.9 Å². The summed E-state index contributed by atoms with van der Waals surface area (Å²) in [6, 6.07) is 0. The zero-order valence-corrected chi connectivity index (χ0v) is 12.7. The van der Waals surface area contributed by atoms with Crippen molar-refractivity contribution in [2.24, 2.45) is 5.73 Å². The molecule has 3 heteroatoms. The van der Waals surface area contributed by atoms with Gasteiger partial charge in [-0.2, -0.15) is 0 Å². The largest absolute Gasteiger partial charge is 0.330 e. The molecule has 0 aliphatic heterocycles. The van der Waals surface area contributed by atoms with Crippen LogP contribution in [0.1, 0.15) is 51.4 Å².